The maximum absolute atomic E-state index is 12.7. The minimum absolute atomic E-state index is 0.0228. The number of methoxy groups -OCH3 is 1. The van der Waals surface area contributed by atoms with E-state index in [4.69, 9.17) is 14.2 Å². The summed E-state index contributed by atoms with van der Waals surface area (Å²) in [7, 11) is 1.59. The normalized spacial score (nSPS) is 15.0. The molecule has 0 N–H and O–H groups in total. The van der Waals surface area contributed by atoms with E-state index in [0.29, 0.717) is 35.0 Å². The Morgan fingerprint density at radius 1 is 1.21 bits per heavy atom. The number of benzene rings is 2. The fourth-order valence-electron chi connectivity index (χ4n) is 2.56. The van der Waals surface area contributed by atoms with Crippen molar-refractivity contribution in [2.24, 2.45) is 0 Å². The van der Waals surface area contributed by atoms with Gasteiger partial charge in [0.25, 0.3) is 0 Å². The van der Waals surface area contributed by atoms with Gasteiger partial charge in [-0.1, -0.05) is 22.0 Å². The number of rotatable bonds is 4. The molecule has 2 aromatic carbocycles. The molecule has 0 bridgehead atoms. The zero-order valence-electron chi connectivity index (χ0n) is 13.5. The van der Waals surface area contributed by atoms with Gasteiger partial charge in [0.15, 0.2) is 17.3 Å². The Balaban J connectivity index is 1.93. The number of fused-ring (bicyclic) bond motifs is 1. The van der Waals surface area contributed by atoms with E-state index in [2.05, 4.69) is 15.9 Å². The molecule has 24 heavy (non-hydrogen) atoms. The van der Waals surface area contributed by atoms with Gasteiger partial charge < -0.3 is 14.2 Å². The van der Waals surface area contributed by atoms with Crippen LogP contribution in [0.3, 0.4) is 0 Å². The van der Waals surface area contributed by atoms with Crippen LogP contribution in [0.2, 0.25) is 0 Å². The Hall–Kier alpha value is -2.27. The lowest BCUT2D eigenvalue weighted by Gasteiger charge is -2.19. The second kappa shape index (κ2) is 7.09. The lowest BCUT2D eigenvalue weighted by molar-refractivity contribution is 0.100. The molecule has 1 aliphatic rings. The quantitative estimate of drug-likeness (QED) is 0.722. The molecule has 2 aromatic rings. The standard InChI is InChI=1S/C19H17BrO4/c1-3-23-17-6-4-12(9-18(17)22-2)8-13-11-24-16-7-5-14(20)10-15(16)19(13)21/h4-10H,3,11H2,1-2H3/b13-8+. The van der Waals surface area contributed by atoms with Crippen molar-refractivity contribution < 1.29 is 19.0 Å². The smallest absolute Gasteiger partial charge is 0.196 e. The molecule has 0 saturated heterocycles. The Morgan fingerprint density at radius 2 is 2.04 bits per heavy atom. The van der Waals surface area contributed by atoms with Crippen LogP contribution >= 0.6 is 15.9 Å². The van der Waals surface area contributed by atoms with Gasteiger partial charge in [0.05, 0.1) is 19.3 Å². The second-order valence-electron chi connectivity index (χ2n) is 5.27. The number of halogens is 1. The summed E-state index contributed by atoms with van der Waals surface area (Å²) in [6, 6.07) is 11.0. The van der Waals surface area contributed by atoms with Gasteiger partial charge in [-0.3, -0.25) is 4.79 Å². The monoisotopic (exact) mass is 388 g/mol. The molecular weight excluding hydrogens is 372 g/mol. The molecule has 0 aliphatic carbocycles. The van der Waals surface area contributed by atoms with Gasteiger partial charge in [0.2, 0.25) is 0 Å². The number of carbonyl (C=O) groups is 1. The lowest BCUT2D eigenvalue weighted by atomic mass is 9.98. The molecule has 0 atom stereocenters. The SMILES string of the molecule is CCOc1ccc(/C=C2\COc3ccc(Br)cc3C2=O)cc1OC. The highest BCUT2D eigenvalue weighted by Crippen LogP contribution is 2.32. The predicted octanol–water partition coefficient (Wildman–Crippen LogP) is 4.52. The van der Waals surface area contributed by atoms with Crippen LogP contribution in [-0.2, 0) is 0 Å². The van der Waals surface area contributed by atoms with Crippen LogP contribution < -0.4 is 14.2 Å². The van der Waals surface area contributed by atoms with Crippen molar-refractivity contribution in [1.82, 2.24) is 0 Å². The van der Waals surface area contributed by atoms with E-state index in [9.17, 15) is 4.79 Å². The first-order valence-corrected chi connectivity index (χ1v) is 8.40. The molecule has 1 heterocycles. The van der Waals surface area contributed by atoms with E-state index in [1.165, 1.54) is 0 Å². The topological polar surface area (TPSA) is 44.8 Å². The first kappa shape index (κ1) is 16.6. The van der Waals surface area contributed by atoms with E-state index in [-0.39, 0.29) is 12.4 Å². The fourth-order valence-corrected chi connectivity index (χ4v) is 2.92. The zero-order valence-corrected chi connectivity index (χ0v) is 15.1. The van der Waals surface area contributed by atoms with E-state index < -0.39 is 0 Å². The first-order valence-electron chi connectivity index (χ1n) is 7.61. The van der Waals surface area contributed by atoms with Crippen molar-refractivity contribution in [3.63, 3.8) is 0 Å². The summed E-state index contributed by atoms with van der Waals surface area (Å²) in [5.74, 6) is 1.91. The van der Waals surface area contributed by atoms with Crippen molar-refractivity contribution in [2.45, 2.75) is 6.92 Å². The molecule has 124 valence electrons. The summed E-state index contributed by atoms with van der Waals surface area (Å²) < 4.78 is 17.4. The molecule has 0 amide bonds. The molecule has 4 nitrogen and oxygen atoms in total. The van der Waals surface area contributed by atoms with Gasteiger partial charge in [0.1, 0.15) is 12.4 Å². The van der Waals surface area contributed by atoms with Crippen LogP contribution in [0.5, 0.6) is 17.2 Å². The largest absolute Gasteiger partial charge is 0.493 e. The molecule has 0 aromatic heterocycles. The molecule has 0 spiro atoms. The maximum Gasteiger partial charge on any atom is 0.196 e. The maximum atomic E-state index is 12.7. The molecule has 5 heteroatoms. The molecule has 3 rings (SSSR count). The van der Waals surface area contributed by atoms with Gasteiger partial charge in [0, 0.05) is 10.0 Å². The third kappa shape index (κ3) is 3.31. The van der Waals surface area contributed by atoms with Crippen LogP contribution in [0, 0.1) is 0 Å². The van der Waals surface area contributed by atoms with Crippen molar-refractivity contribution in [2.75, 3.05) is 20.3 Å². The van der Waals surface area contributed by atoms with Crippen molar-refractivity contribution in [3.05, 3.63) is 57.6 Å². The highest BCUT2D eigenvalue weighted by molar-refractivity contribution is 9.10. The highest BCUT2D eigenvalue weighted by atomic mass is 79.9. The molecule has 0 saturated carbocycles. The molecule has 0 fully saturated rings. The summed E-state index contributed by atoms with van der Waals surface area (Å²) in [5, 5.41) is 0. The first-order chi connectivity index (χ1) is 11.6. The van der Waals surface area contributed by atoms with Crippen molar-refractivity contribution in [1.29, 1.82) is 0 Å². The Labute approximate surface area is 149 Å². The molecule has 1 aliphatic heterocycles. The van der Waals surface area contributed by atoms with Gasteiger partial charge >= 0.3 is 0 Å². The van der Waals surface area contributed by atoms with Crippen molar-refractivity contribution >= 4 is 27.8 Å². The Morgan fingerprint density at radius 3 is 2.79 bits per heavy atom. The van der Waals surface area contributed by atoms with Gasteiger partial charge in [-0.2, -0.15) is 0 Å². The summed E-state index contributed by atoms with van der Waals surface area (Å²) in [6.07, 6.45) is 1.82. The number of hydrogen-bond acceptors (Lipinski definition) is 4. The zero-order chi connectivity index (χ0) is 17.1. The summed E-state index contributed by atoms with van der Waals surface area (Å²) in [5.41, 5.74) is 2.03. The average molecular weight is 389 g/mol. The van der Waals surface area contributed by atoms with Crippen molar-refractivity contribution in [3.8, 4) is 17.2 Å². The summed E-state index contributed by atoms with van der Waals surface area (Å²) in [6.45, 7) is 2.74. The van der Waals surface area contributed by atoms with Crippen LogP contribution in [0.25, 0.3) is 6.08 Å². The van der Waals surface area contributed by atoms with Gasteiger partial charge in [-0.05, 0) is 48.9 Å². The molecular formula is C19H17BrO4. The Bertz CT molecular complexity index is 811. The highest BCUT2D eigenvalue weighted by Gasteiger charge is 2.23. The van der Waals surface area contributed by atoms with Crippen LogP contribution in [0.15, 0.2) is 46.4 Å². The number of hydrogen-bond donors (Lipinski definition) is 0. The molecule has 0 unspecified atom stereocenters. The van der Waals surface area contributed by atoms with Crippen LogP contribution in [0.1, 0.15) is 22.8 Å². The van der Waals surface area contributed by atoms with Gasteiger partial charge in [-0.15, -0.1) is 0 Å². The van der Waals surface area contributed by atoms with E-state index in [1.54, 1.807) is 19.2 Å². The van der Waals surface area contributed by atoms with Crippen LogP contribution in [-0.4, -0.2) is 26.1 Å². The minimum Gasteiger partial charge on any atom is -0.493 e. The third-order valence-electron chi connectivity index (χ3n) is 3.69. The van der Waals surface area contributed by atoms with E-state index >= 15 is 0 Å². The third-order valence-corrected chi connectivity index (χ3v) is 4.18. The number of ketones is 1. The van der Waals surface area contributed by atoms with Gasteiger partial charge in [-0.25, -0.2) is 0 Å². The number of carbonyl (C=O) groups excluding carboxylic acids is 1. The summed E-state index contributed by atoms with van der Waals surface area (Å²) >= 11 is 3.39. The fraction of sp³-hybridized carbons (Fsp3) is 0.211. The minimum atomic E-state index is -0.0228. The average Bonchev–Trinajstić information content (AvgIpc) is 2.59. The Kier molecular flexibility index (Phi) is 4.90. The second-order valence-corrected chi connectivity index (χ2v) is 6.19. The number of ether oxygens (including phenoxy) is 3. The van der Waals surface area contributed by atoms with E-state index in [0.717, 1.165) is 10.0 Å². The van der Waals surface area contributed by atoms with Crippen LogP contribution in [0.4, 0.5) is 0 Å². The predicted molar refractivity (Wildman–Crippen MR) is 96.1 cm³/mol. The van der Waals surface area contributed by atoms with E-state index in [1.807, 2.05) is 37.3 Å². The summed E-state index contributed by atoms with van der Waals surface area (Å²) in [4.78, 5) is 12.7. The lowest BCUT2D eigenvalue weighted by Crippen LogP contribution is -2.19. The number of Topliss-reactive ketones (excluding diaryl/α,β-unsaturated/α-hetero) is 1. The molecule has 0 radical (unpaired) electrons.